The van der Waals surface area contributed by atoms with Crippen molar-refractivity contribution in [2.45, 2.75) is 4.90 Å². The fourth-order valence-electron chi connectivity index (χ4n) is 0.985. The van der Waals surface area contributed by atoms with Crippen LogP contribution in [0.2, 0.25) is 0 Å². The molecule has 15 heavy (non-hydrogen) atoms. The molecule has 5 heteroatoms. The van der Waals surface area contributed by atoms with Gasteiger partial charge in [-0.1, -0.05) is 12.1 Å². The van der Waals surface area contributed by atoms with Gasteiger partial charge in [0.05, 0.1) is 16.5 Å². The van der Waals surface area contributed by atoms with Gasteiger partial charge in [0.1, 0.15) is 0 Å². The molecule has 0 atom stereocenters. The topological polar surface area (TPSA) is 70.0 Å². The molecule has 0 aliphatic heterocycles. The van der Waals surface area contributed by atoms with Gasteiger partial charge >= 0.3 is 0 Å². The van der Waals surface area contributed by atoms with Crippen molar-refractivity contribution in [3.8, 4) is 6.07 Å². The molecule has 0 radical (unpaired) electrons. The highest BCUT2D eigenvalue weighted by Gasteiger charge is 2.12. The van der Waals surface area contributed by atoms with Crippen molar-refractivity contribution in [2.24, 2.45) is 0 Å². The van der Waals surface area contributed by atoms with E-state index in [4.69, 9.17) is 5.26 Å². The molecule has 0 bridgehead atoms. The fourth-order valence-corrected chi connectivity index (χ4v) is 2.03. The molecule has 1 aromatic carbocycles. The third-order valence-corrected chi connectivity index (χ3v) is 3.11. The van der Waals surface area contributed by atoms with Crippen LogP contribution in [0.1, 0.15) is 5.56 Å². The maximum absolute atomic E-state index is 11.6. The third kappa shape index (κ3) is 2.91. The minimum absolute atomic E-state index is 0.0865. The van der Waals surface area contributed by atoms with Gasteiger partial charge in [-0.3, -0.25) is 0 Å². The van der Waals surface area contributed by atoms with E-state index in [1.165, 1.54) is 24.3 Å². The predicted octanol–water partition coefficient (Wildman–Crippen LogP) is 1.02. The number of sulfonamides is 1. The second-order valence-electron chi connectivity index (χ2n) is 2.78. The molecule has 0 heterocycles. The summed E-state index contributed by atoms with van der Waals surface area (Å²) >= 11 is 0. The first-order valence-corrected chi connectivity index (χ1v) is 5.69. The maximum Gasteiger partial charge on any atom is 0.240 e. The van der Waals surface area contributed by atoms with Gasteiger partial charge in [-0.15, -0.1) is 6.58 Å². The van der Waals surface area contributed by atoms with Gasteiger partial charge in [0, 0.05) is 6.54 Å². The Labute approximate surface area is 88.9 Å². The monoisotopic (exact) mass is 222 g/mol. The van der Waals surface area contributed by atoms with E-state index in [1.807, 2.05) is 6.07 Å². The Morgan fingerprint density at radius 2 is 2.27 bits per heavy atom. The van der Waals surface area contributed by atoms with Crippen molar-refractivity contribution in [2.75, 3.05) is 6.54 Å². The molecule has 0 saturated heterocycles. The van der Waals surface area contributed by atoms with Crippen molar-refractivity contribution in [1.29, 1.82) is 5.26 Å². The molecule has 1 N–H and O–H groups in total. The Balaban J connectivity index is 3.05. The van der Waals surface area contributed by atoms with E-state index in [1.54, 1.807) is 6.07 Å². The van der Waals surface area contributed by atoms with Crippen LogP contribution < -0.4 is 4.72 Å². The molecule has 0 fully saturated rings. The van der Waals surface area contributed by atoms with Crippen molar-refractivity contribution >= 4 is 10.0 Å². The molecule has 0 saturated carbocycles. The van der Waals surface area contributed by atoms with E-state index in [-0.39, 0.29) is 11.4 Å². The lowest BCUT2D eigenvalue weighted by molar-refractivity contribution is 0.585. The van der Waals surface area contributed by atoms with E-state index in [2.05, 4.69) is 11.3 Å². The number of hydrogen-bond acceptors (Lipinski definition) is 3. The van der Waals surface area contributed by atoms with Crippen LogP contribution in [-0.2, 0) is 10.0 Å². The minimum atomic E-state index is -3.53. The lowest BCUT2D eigenvalue weighted by atomic mass is 10.2. The molecule has 0 aromatic heterocycles. The molecule has 0 aliphatic rings. The van der Waals surface area contributed by atoms with Crippen LogP contribution in [0.4, 0.5) is 0 Å². The Kier molecular flexibility index (Phi) is 3.61. The van der Waals surface area contributed by atoms with E-state index in [9.17, 15) is 8.42 Å². The summed E-state index contributed by atoms with van der Waals surface area (Å²) in [6, 6.07) is 7.72. The molecular weight excluding hydrogens is 212 g/mol. The molecule has 1 rings (SSSR count). The Hall–Kier alpha value is -1.64. The first-order valence-electron chi connectivity index (χ1n) is 4.21. The first-order chi connectivity index (χ1) is 7.10. The molecular formula is C10H10N2O2S. The Morgan fingerprint density at radius 1 is 1.53 bits per heavy atom. The summed E-state index contributed by atoms with van der Waals surface area (Å²) in [6.45, 7) is 3.58. The Bertz CT molecular complexity index is 500. The SMILES string of the molecule is C=CCNS(=O)(=O)c1cccc(C#N)c1. The van der Waals surface area contributed by atoms with E-state index in [0.717, 1.165) is 0 Å². The average Bonchev–Trinajstić information content (AvgIpc) is 2.26. The van der Waals surface area contributed by atoms with Gasteiger partial charge in [-0.25, -0.2) is 13.1 Å². The van der Waals surface area contributed by atoms with Gasteiger partial charge in [-0.2, -0.15) is 5.26 Å². The largest absolute Gasteiger partial charge is 0.240 e. The molecule has 1 aromatic rings. The smallest absolute Gasteiger partial charge is 0.207 e. The van der Waals surface area contributed by atoms with Gasteiger partial charge in [0.25, 0.3) is 0 Å². The minimum Gasteiger partial charge on any atom is -0.207 e. The van der Waals surface area contributed by atoms with Crippen LogP contribution in [0.5, 0.6) is 0 Å². The first kappa shape index (κ1) is 11.4. The summed E-state index contributed by atoms with van der Waals surface area (Å²) < 4.78 is 25.5. The standard InChI is InChI=1S/C10H10N2O2S/c1-2-6-12-15(13,14)10-5-3-4-9(7-10)8-11/h2-5,7,12H,1,6H2. The predicted molar refractivity (Wildman–Crippen MR) is 56.5 cm³/mol. The normalized spacial score (nSPS) is 10.6. The van der Waals surface area contributed by atoms with Gasteiger partial charge in [0.2, 0.25) is 10.0 Å². The summed E-state index contributed by atoms with van der Waals surface area (Å²) in [5.74, 6) is 0. The molecule has 78 valence electrons. The number of nitrogens with zero attached hydrogens (tertiary/aromatic N) is 1. The van der Waals surface area contributed by atoms with E-state index >= 15 is 0 Å². The highest BCUT2D eigenvalue weighted by atomic mass is 32.2. The summed E-state index contributed by atoms with van der Waals surface area (Å²) in [5.41, 5.74) is 0.316. The summed E-state index contributed by atoms with van der Waals surface area (Å²) in [4.78, 5) is 0.0865. The highest BCUT2D eigenvalue weighted by molar-refractivity contribution is 7.89. The zero-order valence-electron chi connectivity index (χ0n) is 7.97. The number of hydrogen-bond donors (Lipinski definition) is 1. The third-order valence-electron chi connectivity index (χ3n) is 1.69. The quantitative estimate of drug-likeness (QED) is 0.773. The molecule has 0 amide bonds. The average molecular weight is 222 g/mol. The molecule has 0 aliphatic carbocycles. The summed E-state index contributed by atoms with van der Waals surface area (Å²) in [6.07, 6.45) is 1.45. The zero-order valence-corrected chi connectivity index (χ0v) is 8.79. The second-order valence-corrected chi connectivity index (χ2v) is 4.55. The van der Waals surface area contributed by atoms with Crippen molar-refractivity contribution in [1.82, 2.24) is 4.72 Å². The second kappa shape index (κ2) is 4.73. The zero-order chi connectivity index (χ0) is 11.3. The van der Waals surface area contributed by atoms with E-state index in [0.29, 0.717) is 5.56 Å². The van der Waals surface area contributed by atoms with Crippen LogP contribution in [-0.4, -0.2) is 15.0 Å². The highest BCUT2D eigenvalue weighted by Crippen LogP contribution is 2.10. The van der Waals surface area contributed by atoms with Crippen molar-refractivity contribution in [3.63, 3.8) is 0 Å². The molecule has 0 spiro atoms. The summed E-state index contributed by atoms with van der Waals surface area (Å²) in [7, 11) is -3.53. The Morgan fingerprint density at radius 3 is 2.87 bits per heavy atom. The lowest BCUT2D eigenvalue weighted by Gasteiger charge is -2.04. The summed E-state index contributed by atoms with van der Waals surface area (Å²) in [5, 5.41) is 8.62. The van der Waals surface area contributed by atoms with Crippen LogP contribution in [0.3, 0.4) is 0 Å². The van der Waals surface area contributed by atoms with Gasteiger partial charge < -0.3 is 0 Å². The van der Waals surface area contributed by atoms with Crippen molar-refractivity contribution < 1.29 is 8.42 Å². The molecule has 4 nitrogen and oxygen atoms in total. The van der Waals surface area contributed by atoms with Crippen LogP contribution in [0, 0.1) is 11.3 Å². The number of nitrogens with one attached hydrogen (secondary N) is 1. The number of nitriles is 1. The molecule has 0 unspecified atom stereocenters. The fraction of sp³-hybridized carbons (Fsp3) is 0.100. The van der Waals surface area contributed by atoms with Crippen LogP contribution in [0.15, 0.2) is 41.8 Å². The van der Waals surface area contributed by atoms with Crippen LogP contribution in [0.25, 0.3) is 0 Å². The van der Waals surface area contributed by atoms with Gasteiger partial charge in [0.15, 0.2) is 0 Å². The maximum atomic E-state index is 11.6. The number of benzene rings is 1. The van der Waals surface area contributed by atoms with Crippen molar-refractivity contribution in [3.05, 3.63) is 42.5 Å². The lowest BCUT2D eigenvalue weighted by Crippen LogP contribution is -2.23. The van der Waals surface area contributed by atoms with Gasteiger partial charge in [-0.05, 0) is 18.2 Å². The van der Waals surface area contributed by atoms with Crippen LogP contribution >= 0.6 is 0 Å². The van der Waals surface area contributed by atoms with E-state index < -0.39 is 10.0 Å². The number of rotatable bonds is 4.